The number of nitrogens with zero attached hydrogens (tertiary/aromatic N) is 1. The lowest BCUT2D eigenvalue weighted by atomic mass is 9.89. The SMILES string of the molecule is CC(C)c1cc(C(C)C)c(S(=O)(=O)N/N=C(\Cc2ccccc2)c2ccccc2)c(C(C)C)c1. The van der Waals surface area contributed by atoms with Crippen LogP contribution in [0.3, 0.4) is 0 Å². The fourth-order valence-corrected chi connectivity index (χ4v) is 5.52. The first-order valence-corrected chi connectivity index (χ1v) is 13.4. The standard InChI is InChI=1S/C29H36N2O2S/c1-20(2)25-18-26(21(3)4)29(27(19-25)22(5)6)34(32,33)31-30-28(24-15-11-8-12-16-24)17-23-13-9-7-10-14-23/h7-16,18-22,31H,17H2,1-6H3/b30-28+. The maximum Gasteiger partial charge on any atom is 0.277 e. The Morgan fingerprint density at radius 3 is 1.74 bits per heavy atom. The molecule has 0 bridgehead atoms. The minimum Gasteiger partial charge on any atom is -0.200 e. The zero-order valence-corrected chi connectivity index (χ0v) is 21.9. The van der Waals surface area contributed by atoms with Crippen molar-refractivity contribution in [3.63, 3.8) is 0 Å². The monoisotopic (exact) mass is 476 g/mol. The van der Waals surface area contributed by atoms with Gasteiger partial charge in [-0.05, 0) is 45.6 Å². The van der Waals surface area contributed by atoms with Gasteiger partial charge in [-0.25, -0.2) is 0 Å². The number of hydrogen-bond acceptors (Lipinski definition) is 3. The molecule has 4 nitrogen and oxygen atoms in total. The third-order valence-corrected chi connectivity index (χ3v) is 7.31. The average Bonchev–Trinajstić information content (AvgIpc) is 2.82. The fraction of sp³-hybridized carbons (Fsp3) is 0.345. The van der Waals surface area contributed by atoms with Crippen molar-refractivity contribution in [2.45, 2.75) is 70.6 Å². The molecular formula is C29H36N2O2S. The van der Waals surface area contributed by atoms with E-state index in [1.807, 2.05) is 100 Å². The summed E-state index contributed by atoms with van der Waals surface area (Å²) in [6.45, 7) is 12.4. The van der Waals surface area contributed by atoms with Crippen molar-refractivity contribution in [1.82, 2.24) is 4.83 Å². The van der Waals surface area contributed by atoms with E-state index in [4.69, 9.17) is 0 Å². The number of benzene rings is 3. The molecule has 180 valence electrons. The largest absolute Gasteiger partial charge is 0.277 e. The Morgan fingerprint density at radius 2 is 1.26 bits per heavy atom. The molecule has 3 rings (SSSR count). The van der Waals surface area contributed by atoms with Gasteiger partial charge in [0, 0.05) is 6.42 Å². The number of sulfonamides is 1. The third-order valence-electron chi connectivity index (χ3n) is 5.97. The highest BCUT2D eigenvalue weighted by Crippen LogP contribution is 2.35. The molecule has 0 aliphatic rings. The Morgan fingerprint density at radius 1 is 0.765 bits per heavy atom. The van der Waals surface area contributed by atoms with Gasteiger partial charge in [0.15, 0.2) is 0 Å². The first-order chi connectivity index (χ1) is 16.1. The van der Waals surface area contributed by atoms with E-state index in [0.717, 1.165) is 27.8 Å². The van der Waals surface area contributed by atoms with E-state index >= 15 is 0 Å². The van der Waals surface area contributed by atoms with Crippen LogP contribution in [-0.4, -0.2) is 14.1 Å². The van der Waals surface area contributed by atoms with E-state index < -0.39 is 10.0 Å². The first-order valence-electron chi connectivity index (χ1n) is 12.0. The van der Waals surface area contributed by atoms with Crippen molar-refractivity contribution in [3.8, 4) is 0 Å². The molecule has 34 heavy (non-hydrogen) atoms. The number of nitrogens with one attached hydrogen (secondary N) is 1. The van der Waals surface area contributed by atoms with Gasteiger partial charge in [-0.1, -0.05) is 114 Å². The van der Waals surface area contributed by atoms with Gasteiger partial charge in [-0.15, -0.1) is 0 Å². The van der Waals surface area contributed by atoms with Crippen LogP contribution in [0.15, 0.2) is 82.8 Å². The molecule has 0 heterocycles. The highest BCUT2D eigenvalue weighted by Gasteiger charge is 2.27. The smallest absolute Gasteiger partial charge is 0.200 e. The van der Waals surface area contributed by atoms with E-state index in [0.29, 0.717) is 22.9 Å². The van der Waals surface area contributed by atoms with Gasteiger partial charge in [0.05, 0.1) is 10.6 Å². The van der Waals surface area contributed by atoms with E-state index in [2.05, 4.69) is 23.8 Å². The molecule has 0 aromatic heterocycles. The second-order valence-electron chi connectivity index (χ2n) is 9.67. The lowest BCUT2D eigenvalue weighted by molar-refractivity contribution is 0.578. The van der Waals surface area contributed by atoms with Gasteiger partial charge < -0.3 is 0 Å². The summed E-state index contributed by atoms with van der Waals surface area (Å²) in [5.41, 5.74) is 5.45. The molecule has 0 atom stereocenters. The van der Waals surface area contributed by atoms with Crippen LogP contribution < -0.4 is 4.83 Å². The topological polar surface area (TPSA) is 58.5 Å². The molecule has 3 aromatic rings. The summed E-state index contributed by atoms with van der Waals surface area (Å²) >= 11 is 0. The Hall–Kier alpha value is -2.92. The second-order valence-corrected chi connectivity index (χ2v) is 11.3. The minimum atomic E-state index is -3.89. The highest BCUT2D eigenvalue weighted by atomic mass is 32.2. The summed E-state index contributed by atoms with van der Waals surface area (Å²) in [5.74, 6) is 0.433. The van der Waals surface area contributed by atoms with Crippen LogP contribution in [0, 0.1) is 0 Å². The van der Waals surface area contributed by atoms with Gasteiger partial charge in [-0.2, -0.15) is 18.4 Å². The summed E-state index contributed by atoms with van der Waals surface area (Å²) < 4.78 is 27.5. The number of hydrazone groups is 1. The van der Waals surface area contributed by atoms with Crippen molar-refractivity contribution in [2.24, 2.45) is 5.10 Å². The van der Waals surface area contributed by atoms with Gasteiger partial charge in [0.1, 0.15) is 0 Å². The Balaban J connectivity index is 2.10. The molecule has 0 radical (unpaired) electrons. The summed E-state index contributed by atoms with van der Waals surface area (Å²) in [4.78, 5) is 2.95. The molecule has 3 aromatic carbocycles. The highest BCUT2D eigenvalue weighted by molar-refractivity contribution is 7.89. The molecule has 0 saturated carbocycles. The minimum absolute atomic E-state index is 0.0599. The van der Waals surface area contributed by atoms with Gasteiger partial charge in [0.2, 0.25) is 0 Å². The normalized spacial score (nSPS) is 12.6. The molecule has 5 heteroatoms. The van der Waals surface area contributed by atoms with Crippen molar-refractivity contribution >= 4 is 15.7 Å². The third kappa shape index (κ3) is 6.15. The maximum atomic E-state index is 13.7. The predicted octanol–water partition coefficient (Wildman–Crippen LogP) is 6.98. The summed E-state index contributed by atoms with van der Waals surface area (Å²) in [6, 6.07) is 23.7. The van der Waals surface area contributed by atoms with Crippen LogP contribution in [0.2, 0.25) is 0 Å². The van der Waals surface area contributed by atoms with E-state index in [1.54, 1.807) is 0 Å². The Kier molecular flexibility index (Phi) is 8.32. The van der Waals surface area contributed by atoms with Crippen LogP contribution >= 0.6 is 0 Å². The van der Waals surface area contributed by atoms with Crippen LogP contribution in [-0.2, 0) is 16.4 Å². The zero-order valence-electron chi connectivity index (χ0n) is 21.0. The fourth-order valence-electron chi connectivity index (χ4n) is 3.99. The van der Waals surface area contributed by atoms with E-state index in [9.17, 15) is 8.42 Å². The van der Waals surface area contributed by atoms with Crippen molar-refractivity contribution in [2.75, 3.05) is 0 Å². The lowest BCUT2D eigenvalue weighted by Crippen LogP contribution is -2.25. The quantitative estimate of drug-likeness (QED) is 0.267. The summed E-state index contributed by atoms with van der Waals surface area (Å²) in [6.07, 6.45) is 0.522. The molecule has 0 unspecified atom stereocenters. The van der Waals surface area contributed by atoms with Crippen LogP contribution in [0.4, 0.5) is 0 Å². The number of hydrogen-bond donors (Lipinski definition) is 1. The van der Waals surface area contributed by atoms with Crippen molar-refractivity contribution in [3.05, 3.63) is 101 Å². The van der Waals surface area contributed by atoms with Gasteiger partial charge in [0.25, 0.3) is 10.0 Å². The Labute approximate surface area is 205 Å². The van der Waals surface area contributed by atoms with Crippen LogP contribution in [0.5, 0.6) is 0 Å². The van der Waals surface area contributed by atoms with Gasteiger partial charge in [-0.3, -0.25) is 0 Å². The molecule has 1 N–H and O–H groups in total. The zero-order chi connectivity index (χ0) is 24.9. The second kappa shape index (κ2) is 11.0. The van der Waals surface area contributed by atoms with Crippen molar-refractivity contribution < 1.29 is 8.42 Å². The van der Waals surface area contributed by atoms with Crippen molar-refractivity contribution in [1.29, 1.82) is 0 Å². The van der Waals surface area contributed by atoms with E-state index in [-0.39, 0.29) is 11.8 Å². The molecule has 0 spiro atoms. The first kappa shape index (κ1) is 25.7. The Bertz CT molecular complexity index is 1200. The number of rotatable bonds is 9. The molecule has 0 fully saturated rings. The lowest BCUT2D eigenvalue weighted by Gasteiger charge is -2.22. The molecular weight excluding hydrogens is 440 g/mol. The van der Waals surface area contributed by atoms with Crippen LogP contribution in [0.25, 0.3) is 0 Å². The summed E-state index contributed by atoms with van der Waals surface area (Å²) in [7, 11) is -3.89. The molecule has 0 aliphatic carbocycles. The summed E-state index contributed by atoms with van der Waals surface area (Å²) in [5, 5.41) is 4.47. The van der Waals surface area contributed by atoms with Gasteiger partial charge >= 0.3 is 0 Å². The molecule has 0 aliphatic heterocycles. The van der Waals surface area contributed by atoms with Crippen LogP contribution in [0.1, 0.15) is 87.1 Å². The average molecular weight is 477 g/mol. The maximum absolute atomic E-state index is 13.7. The van der Waals surface area contributed by atoms with E-state index in [1.165, 1.54) is 0 Å². The predicted molar refractivity (Wildman–Crippen MR) is 142 cm³/mol. The molecule has 0 saturated heterocycles. The molecule has 0 amide bonds.